The van der Waals surface area contributed by atoms with Gasteiger partial charge < -0.3 is 10.6 Å². The summed E-state index contributed by atoms with van der Waals surface area (Å²) in [5, 5.41) is 2.52. The highest BCUT2D eigenvalue weighted by Gasteiger charge is 2.63. The Labute approximate surface area is 161 Å². The second-order valence-electron chi connectivity index (χ2n) is 11.4. The van der Waals surface area contributed by atoms with E-state index < -0.39 is 6.03 Å². The first-order valence-corrected chi connectivity index (χ1v) is 11.3. The largest absolute Gasteiger partial charge is 0.351 e. The molecule has 5 nitrogen and oxygen atoms in total. The third-order valence-corrected chi connectivity index (χ3v) is 9.39. The number of hydrogen-bond donors (Lipinski definition) is 2. The summed E-state index contributed by atoms with van der Waals surface area (Å²) in [6.45, 7) is 0. The molecule has 3 N–H and O–H groups in total. The van der Waals surface area contributed by atoms with Crippen molar-refractivity contribution < 1.29 is 9.59 Å². The zero-order valence-electron chi connectivity index (χ0n) is 16.3. The number of rotatable bonds is 2. The normalized spacial score (nSPS) is 51.4. The van der Waals surface area contributed by atoms with Gasteiger partial charge in [0, 0.05) is 11.1 Å². The van der Waals surface area contributed by atoms with Gasteiger partial charge in [-0.15, -0.1) is 0 Å². The van der Waals surface area contributed by atoms with Crippen molar-refractivity contribution in [3.05, 3.63) is 0 Å². The number of nitrogens with two attached hydrogens (primary N) is 1. The molecule has 8 bridgehead atoms. The van der Waals surface area contributed by atoms with Gasteiger partial charge in [-0.3, -0.25) is 5.32 Å². The quantitative estimate of drug-likeness (QED) is 0.769. The van der Waals surface area contributed by atoms with Gasteiger partial charge in [-0.05, 0) is 113 Å². The molecular formula is C22H33N3O2. The average molecular weight is 372 g/mol. The van der Waals surface area contributed by atoms with E-state index in [0.29, 0.717) is 0 Å². The molecule has 0 aromatic heterocycles. The topological polar surface area (TPSA) is 75.4 Å². The molecule has 4 amide bonds. The maximum Gasteiger partial charge on any atom is 0.326 e. The smallest absolute Gasteiger partial charge is 0.326 e. The van der Waals surface area contributed by atoms with Gasteiger partial charge in [-0.2, -0.15) is 0 Å². The van der Waals surface area contributed by atoms with Gasteiger partial charge in [0.15, 0.2) is 0 Å². The van der Waals surface area contributed by atoms with E-state index in [1.165, 1.54) is 38.5 Å². The monoisotopic (exact) mass is 371 g/mol. The van der Waals surface area contributed by atoms with Crippen molar-refractivity contribution in [2.75, 3.05) is 0 Å². The molecule has 0 radical (unpaired) electrons. The van der Waals surface area contributed by atoms with Gasteiger partial charge in [0.25, 0.3) is 0 Å². The average Bonchev–Trinajstić information content (AvgIpc) is 2.50. The molecule has 8 rings (SSSR count). The molecule has 8 saturated carbocycles. The predicted molar refractivity (Wildman–Crippen MR) is 102 cm³/mol. The number of imide groups is 1. The molecule has 0 spiro atoms. The number of carbonyl (C=O) groups is 2. The van der Waals surface area contributed by atoms with Crippen LogP contribution in [0.4, 0.5) is 9.59 Å². The number of amides is 4. The van der Waals surface area contributed by atoms with E-state index in [2.05, 4.69) is 10.2 Å². The van der Waals surface area contributed by atoms with Crippen LogP contribution < -0.4 is 11.1 Å². The number of nitrogens with zero attached hydrogens (tertiary/aromatic N) is 1. The molecule has 8 fully saturated rings. The maximum absolute atomic E-state index is 13.5. The van der Waals surface area contributed by atoms with Gasteiger partial charge in [0.05, 0.1) is 0 Å². The van der Waals surface area contributed by atoms with Crippen molar-refractivity contribution in [2.24, 2.45) is 41.2 Å². The van der Waals surface area contributed by atoms with Crippen molar-refractivity contribution in [2.45, 2.75) is 88.1 Å². The number of nitrogens with one attached hydrogen (secondary N) is 1. The third-order valence-electron chi connectivity index (χ3n) is 9.39. The lowest BCUT2D eigenvalue weighted by molar-refractivity contribution is -0.153. The molecule has 0 unspecified atom stereocenters. The van der Waals surface area contributed by atoms with Crippen molar-refractivity contribution >= 4 is 12.1 Å². The van der Waals surface area contributed by atoms with Crippen molar-refractivity contribution in [1.82, 2.24) is 10.2 Å². The molecule has 0 aromatic carbocycles. The van der Waals surface area contributed by atoms with E-state index in [0.717, 1.165) is 74.0 Å². The maximum atomic E-state index is 13.5. The summed E-state index contributed by atoms with van der Waals surface area (Å²) in [5.41, 5.74) is 5.39. The van der Waals surface area contributed by atoms with Crippen molar-refractivity contribution in [3.63, 3.8) is 0 Å². The summed E-state index contributed by atoms with van der Waals surface area (Å²) < 4.78 is 0. The molecule has 0 heterocycles. The molecule has 0 atom stereocenters. The van der Waals surface area contributed by atoms with Crippen LogP contribution in [-0.4, -0.2) is 28.0 Å². The van der Waals surface area contributed by atoms with E-state index in [1.54, 1.807) is 0 Å². The predicted octanol–water partition coefficient (Wildman–Crippen LogP) is 4.01. The summed E-state index contributed by atoms with van der Waals surface area (Å²) in [4.78, 5) is 27.4. The highest BCUT2D eigenvalue weighted by Crippen LogP contribution is 2.64. The number of carbonyl (C=O) groups excluding carboxylic acids is 2. The van der Waals surface area contributed by atoms with E-state index in [-0.39, 0.29) is 17.1 Å². The van der Waals surface area contributed by atoms with E-state index >= 15 is 0 Å². The standard InChI is InChI=1S/C22H33N3O2/c23-19(26)24-20(27)25(21-7-13-1-14(8-21)3-15(2-13)9-21)22-10-16-4-17(11-22)6-18(5-16)12-22/h13-18H,1-12H2,(H3,23,24,26,27). The molecule has 8 aliphatic rings. The summed E-state index contributed by atoms with van der Waals surface area (Å²) in [7, 11) is 0. The molecule has 5 heteroatoms. The fourth-order valence-electron chi connectivity index (χ4n) is 9.77. The highest BCUT2D eigenvalue weighted by molar-refractivity contribution is 5.93. The third kappa shape index (κ3) is 2.42. The minimum Gasteiger partial charge on any atom is -0.351 e. The van der Waals surface area contributed by atoms with Crippen LogP contribution in [0.5, 0.6) is 0 Å². The first-order chi connectivity index (χ1) is 12.9. The van der Waals surface area contributed by atoms with Crippen LogP contribution in [0.1, 0.15) is 77.0 Å². The van der Waals surface area contributed by atoms with Crippen LogP contribution in [0.15, 0.2) is 0 Å². The van der Waals surface area contributed by atoms with Gasteiger partial charge in [-0.1, -0.05) is 0 Å². The fraction of sp³-hybridized carbons (Fsp3) is 0.909. The molecule has 148 valence electrons. The Bertz CT molecular complexity index is 572. The van der Waals surface area contributed by atoms with Crippen molar-refractivity contribution in [1.29, 1.82) is 0 Å². The zero-order chi connectivity index (χ0) is 18.4. The van der Waals surface area contributed by atoms with Gasteiger partial charge in [0.2, 0.25) is 0 Å². The van der Waals surface area contributed by atoms with Gasteiger partial charge >= 0.3 is 12.1 Å². The Morgan fingerprint density at radius 2 is 0.963 bits per heavy atom. The van der Waals surface area contributed by atoms with Gasteiger partial charge in [-0.25, -0.2) is 9.59 Å². The minimum absolute atomic E-state index is 0.0139. The Balaban J connectivity index is 1.42. The highest BCUT2D eigenvalue weighted by atomic mass is 16.2. The molecule has 27 heavy (non-hydrogen) atoms. The molecule has 0 saturated heterocycles. The van der Waals surface area contributed by atoms with E-state index in [9.17, 15) is 9.59 Å². The van der Waals surface area contributed by atoms with Crippen LogP contribution in [0, 0.1) is 35.5 Å². The van der Waals surface area contributed by atoms with Gasteiger partial charge in [0.1, 0.15) is 0 Å². The number of primary amides is 1. The Kier molecular flexibility index (Phi) is 3.34. The zero-order valence-corrected chi connectivity index (χ0v) is 16.3. The number of hydrogen-bond acceptors (Lipinski definition) is 2. The van der Waals surface area contributed by atoms with Crippen LogP contribution >= 0.6 is 0 Å². The minimum atomic E-state index is -0.695. The molecule has 8 aliphatic carbocycles. The van der Waals surface area contributed by atoms with Crippen LogP contribution in [0.3, 0.4) is 0 Å². The summed E-state index contributed by atoms with van der Waals surface area (Å²) in [6, 6.07) is -0.870. The Morgan fingerprint density at radius 1 is 0.667 bits per heavy atom. The number of urea groups is 2. The second-order valence-corrected chi connectivity index (χ2v) is 11.4. The first kappa shape index (κ1) is 16.7. The SMILES string of the molecule is NC(=O)NC(=O)N(C12CC3CC(CC(C3)C1)C2)C12CC3CC(CC(C3)C1)C2. The van der Waals surface area contributed by atoms with E-state index in [1.807, 2.05) is 0 Å². The van der Waals surface area contributed by atoms with E-state index in [4.69, 9.17) is 5.73 Å². The second kappa shape index (κ2) is 5.42. The fourth-order valence-corrected chi connectivity index (χ4v) is 9.77. The van der Waals surface area contributed by atoms with Crippen molar-refractivity contribution in [3.8, 4) is 0 Å². The molecular weight excluding hydrogens is 338 g/mol. The summed E-state index contributed by atoms with van der Waals surface area (Å²) >= 11 is 0. The lowest BCUT2D eigenvalue weighted by Gasteiger charge is -2.68. The first-order valence-electron chi connectivity index (χ1n) is 11.3. The Morgan fingerprint density at radius 3 is 1.22 bits per heavy atom. The summed E-state index contributed by atoms with van der Waals surface area (Å²) in [6.07, 6.45) is 15.2. The Hall–Kier alpha value is -1.26. The lowest BCUT2D eigenvalue weighted by atomic mass is 9.48. The van der Waals surface area contributed by atoms with Crippen LogP contribution in [0.25, 0.3) is 0 Å². The molecule has 0 aromatic rings. The van der Waals surface area contributed by atoms with Crippen LogP contribution in [-0.2, 0) is 0 Å². The molecule has 0 aliphatic heterocycles. The summed E-state index contributed by atoms with van der Waals surface area (Å²) in [5.74, 6) is 4.72. The van der Waals surface area contributed by atoms with Crippen LogP contribution in [0.2, 0.25) is 0 Å². The lowest BCUT2D eigenvalue weighted by Crippen LogP contribution is -2.73.